The Morgan fingerprint density at radius 3 is 2.85 bits per heavy atom. The Kier molecular flexibility index (Phi) is 2.96. The van der Waals surface area contributed by atoms with Crippen molar-refractivity contribution in [2.75, 3.05) is 7.05 Å². The van der Waals surface area contributed by atoms with Crippen molar-refractivity contribution in [2.24, 2.45) is 0 Å². The van der Waals surface area contributed by atoms with E-state index in [1.54, 1.807) is 7.05 Å². The molecule has 0 aliphatic carbocycles. The summed E-state index contributed by atoms with van der Waals surface area (Å²) in [6.07, 6.45) is 1.84. The second-order valence-electron chi connectivity index (χ2n) is 2.76. The lowest BCUT2D eigenvalue weighted by Crippen LogP contribution is -3.00. The zero-order valence-electron chi connectivity index (χ0n) is 7.14. The Bertz CT molecular complexity index is 343. The zero-order chi connectivity index (χ0) is 8.55. The third-order valence-corrected chi connectivity index (χ3v) is 1.85. The van der Waals surface area contributed by atoms with Crippen molar-refractivity contribution in [1.82, 2.24) is 0 Å². The molecule has 0 bridgehead atoms. The van der Waals surface area contributed by atoms with Gasteiger partial charge in [-0.25, -0.2) is 0 Å². The first-order chi connectivity index (χ1) is 5.77. The van der Waals surface area contributed by atoms with Gasteiger partial charge >= 0.3 is 7.12 Å². The summed E-state index contributed by atoms with van der Waals surface area (Å²) in [6.45, 7) is 0. The highest BCUT2D eigenvalue weighted by Gasteiger charge is 2.31. The average Bonchev–Trinajstić information content (AvgIpc) is 2.04. The highest BCUT2D eigenvalue weighted by Crippen LogP contribution is 1.99. The summed E-state index contributed by atoms with van der Waals surface area (Å²) in [7, 11) is 0.912. The van der Waals surface area contributed by atoms with E-state index in [0.717, 1.165) is 11.0 Å². The quantitative estimate of drug-likeness (QED) is 0.344. The van der Waals surface area contributed by atoms with Crippen LogP contribution in [0.2, 0.25) is 0 Å². The molecular weight excluding hydrogens is 188 g/mol. The normalized spacial score (nSPS) is 13.7. The number of hydrogen-bond donors (Lipinski definition) is 1. The molecule has 68 valence electrons. The summed E-state index contributed by atoms with van der Waals surface area (Å²) >= 11 is 0. The van der Waals surface area contributed by atoms with Crippen LogP contribution in [-0.4, -0.2) is 30.1 Å². The largest absolute Gasteiger partial charge is 1.00 e. The summed E-state index contributed by atoms with van der Waals surface area (Å²) in [5, 5.41) is 9.45. The highest BCUT2D eigenvalue weighted by molar-refractivity contribution is 6.61. The zero-order valence-corrected chi connectivity index (χ0v) is 7.90. The molecule has 0 unspecified atom stereocenters. The van der Waals surface area contributed by atoms with Gasteiger partial charge in [0.05, 0.1) is 0 Å². The molecule has 0 atom stereocenters. The molecule has 0 saturated carbocycles. The molecule has 13 heavy (non-hydrogen) atoms. The Morgan fingerprint density at radius 1 is 1.38 bits per heavy atom. The highest BCUT2D eigenvalue weighted by atomic mass is 35.5. The molecule has 1 aromatic rings. The first-order valence-corrected chi connectivity index (χ1v) is 3.79. The van der Waals surface area contributed by atoms with Gasteiger partial charge < -0.3 is 22.2 Å². The fraction of sp³-hybridized carbons (Fsp3) is 0.125. The van der Waals surface area contributed by atoms with E-state index in [1.807, 2.05) is 30.5 Å². The lowest BCUT2D eigenvalue weighted by molar-refractivity contribution is -0.730. The van der Waals surface area contributed by atoms with Gasteiger partial charge in [0.25, 0.3) is 0 Å². The molecule has 0 saturated heterocycles. The van der Waals surface area contributed by atoms with Gasteiger partial charge in [-0.1, -0.05) is 18.2 Å². The molecule has 1 aliphatic rings. The second-order valence-corrected chi connectivity index (χ2v) is 2.76. The van der Waals surface area contributed by atoms with Crippen molar-refractivity contribution < 1.29 is 26.9 Å². The third-order valence-electron chi connectivity index (χ3n) is 1.85. The lowest BCUT2D eigenvalue weighted by Gasteiger charge is -2.10. The van der Waals surface area contributed by atoms with Crippen LogP contribution in [0.4, 0.5) is 0 Å². The van der Waals surface area contributed by atoms with E-state index < -0.39 is 7.12 Å². The first kappa shape index (κ1) is 10.1. The van der Waals surface area contributed by atoms with Crippen LogP contribution < -0.4 is 17.9 Å². The molecule has 0 spiro atoms. The molecule has 1 aliphatic heterocycles. The van der Waals surface area contributed by atoms with Crippen molar-refractivity contribution in [1.29, 1.82) is 0 Å². The van der Waals surface area contributed by atoms with Gasteiger partial charge in [0.2, 0.25) is 6.21 Å². The maximum absolute atomic E-state index is 9.45. The molecule has 0 amide bonds. The Morgan fingerprint density at radius 2 is 2.08 bits per heavy atom. The van der Waals surface area contributed by atoms with Crippen LogP contribution in [0.1, 0.15) is 5.56 Å². The van der Waals surface area contributed by atoms with Gasteiger partial charge in [-0.2, -0.15) is 0 Å². The number of fused-ring (bicyclic) bond motifs is 1. The fourth-order valence-corrected chi connectivity index (χ4v) is 1.29. The van der Waals surface area contributed by atoms with Crippen molar-refractivity contribution in [3.05, 3.63) is 29.8 Å². The molecule has 0 aromatic heterocycles. The maximum Gasteiger partial charge on any atom is 0.640 e. The fourth-order valence-electron chi connectivity index (χ4n) is 1.29. The number of nitrogens with zero attached hydrogens (tertiary/aromatic N) is 1. The van der Waals surface area contributed by atoms with Gasteiger partial charge in [0.15, 0.2) is 7.05 Å². The van der Waals surface area contributed by atoms with Gasteiger partial charge in [-0.3, -0.25) is 0 Å². The lowest BCUT2D eigenvalue weighted by atomic mass is 9.76. The van der Waals surface area contributed by atoms with Crippen molar-refractivity contribution in [3.8, 4) is 0 Å². The number of benzene rings is 1. The molecule has 5 heteroatoms. The minimum absolute atomic E-state index is 0. The Hall–Kier alpha value is -0.995. The van der Waals surface area contributed by atoms with E-state index in [2.05, 4.69) is 0 Å². The topological polar surface area (TPSA) is 32.5 Å². The molecule has 1 aromatic carbocycles. The molecule has 2 rings (SSSR count). The maximum atomic E-state index is 9.45. The molecule has 1 heterocycles. The van der Waals surface area contributed by atoms with Crippen LogP contribution in [0.15, 0.2) is 24.3 Å². The number of halogens is 1. The Labute approximate surface area is 83.2 Å². The van der Waals surface area contributed by atoms with Gasteiger partial charge in [0, 0.05) is 11.0 Å². The summed E-state index contributed by atoms with van der Waals surface area (Å²) in [5.74, 6) is 0. The van der Waals surface area contributed by atoms with Crippen LogP contribution >= 0.6 is 0 Å². The number of hydroxylamine groups is 1. The Balaban J connectivity index is 0.000000845. The second kappa shape index (κ2) is 3.81. The van der Waals surface area contributed by atoms with E-state index in [4.69, 9.17) is 4.76 Å². The molecule has 3 nitrogen and oxygen atoms in total. The smallest absolute Gasteiger partial charge is 0.640 e. The minimum Gasteiger partial charge on any atom is -1.00 e. The number of hydrogen-bond acceptors (Lipinski definition) is 2. The van der Waals surface area contributed by atoms with Crippen molar-refractivity contribution >= 4 is 18.8 Å². The van der Waals surface area contributed by atoms with Gasteiger partial charge in [-0.15, -0.1) is 0 Å². The monoisotopic (exact) mass is 197 g/mol. The number of rotatable bonds is 0. The summed E-state index contributed by atoms with van der Waals surface area (Å²) in [5.41, 5.74) is 1.81. The van der Waals surface area contributed by atoms with Crippen LogP contribution in [0.25, 0.3) is 0 Å². The SMILES string of the molecule is C[N+]1=Cc2ccccc2B(O)O1.[Cl-]. The van der Waals surface area contributed by atoms with E-state index >= 15 is 0 Å². The van der Waals surface area contributed by atoms with Crippen LogP contribution in [-0.2, 0) is 4.76 Å². The molecule has 0 radical (unpaired) electrons. The predicted molar refractivity (Wildman–Crippen MR) is 46.5 cm³/mol. The van der Waals surface area contributed by atoms with Crippen LogP contribution in [0.3, 0.4) is 0 Å². The average molecular weight is 197 g/mol. The van der Waals surface area contributed by atoms with E-state index in [1.165, 1.54) is 4.74 Å². The van der Waals surface area contributed by atoms with Crippen LogP contribution in [0.5, 0.6) is 0 Å². The summed E-state index contributed by atoms with van der Waals surface area (Å²) in [6, 6.07) is 7.60. The van der Waals surface area contributed by atoms with Crippen molar-refractivity contribution in [2.45, 2.75) is 0 Å². The van der Waals surface area contributed by atoms with E-state index in [-0.39, 0.29) is 12.4 Å². The molecule has 1 N–H and O–H groups in total. The van der Waals surface area contributed by atoms with Gasteiger partial charge in [-0.05, 0) is 10.8 Å². The van der Waals surface area contributed by atoms with E-state index in [0.29, 0.717) is 0 Å². The summed E-state index contributed by atoms with van der Waals surface area (Å²) in [4.78, 5) is 0. The van der Waals surface area contributed by atoms with E-state index in [9.17, 15) is 5.02 Å². The van der Waals surface area contributed by atoms with Gasteiger partial charge in [0.1, 0.15) is 0 Å². The predicted octanol–water partition coefficient (Wildman–Crippen LogP) is -3.62. The first-order valence-electron chi connectivity index (χ1n) is 3.79. The van der Waals surface area contributed by atoms with Crippen molar-refractivity contribution in [3.63, 3.8) is 0 Å². The standard InChI is InChI=1S/C8H9BNO2.ClH/c1-10-6-7-4-2-3-5-8(7)9(11)12-10;/h2-6,11H,1H3;1H/q+1;/p-1. The molecular formula is C8H9BClNO2. The third kappa shape index (κ3) is 1.84. The molecule has 0 fully saturated rings. The minimum atomic E-state index is -0.837. The van der Waals surface area contributed by atoms with Crippen LogP contribution in [0, 0.1) is 0 Å². The summed E-state index contributed by atoms with van der Waals surface area (Å²) < 4.78 is 6.55.